The highest BCUT2D eigenvalue weighted by Crippen LogP contribution is 2.46. The van der Waals surface area contributed by atoms with Gasteiger partial charge in [-0.15, -0.1) is 0 Å². The molecule has 0 saturated heterocycles. The summed E-state index contributed by atoms with van der Waals surface area (Å²) in [5.74, 6) is -5.20. The highest BCUT2D eigenvalue weighted by Gasteiger charge is 2.60. The summed E-state index contributed by atoms with van der Waals surface area (Å²) in [4.78, 5) is 0. The van der Waals surface area contributed by atoms with E-state index >= 15 is 0 Å². The summed E-state index contributed by atoms with van der Waals surface area (Å²) in [5, 5.41) is -0.250. The molecule has 1 nitrogen and oxygen atoms in total. The second-order valence-electron chi connectivity index (χ2n) is 3.87. The molecular formula is C10H6BrClF7N. The van der Waals surface area contributed by atoms with Gasteiger partial charge in [-0.05, 0) is 28.1 Å². The van der Waals surface area contributed by atoms with Crippen LogP contribution in [0.25, 0.3) is 0 Å². The van der Waals surface area contributed by atoms with Gasteiger partial charge in [0.05, 0.1) is 11.1 Å². The lowest BCUT2D eigenvalue weighted by atomic mass is 9.92. The molecule has 0 aliphatic rings. The Balaban J connectivity index is 3.34. The smallest absolute Gasteiger partial charge is 0.323 e. The fraction of sp³-hybridized carbons (Fsp3) is 0.400. The van der Waals surface area contributed by atoms with Crippen LogP contribution in [0.4, 0.5) is 30.7 Å². The zero-order chi connectivity index (χ0) is 15.9. The van der Waals surface area contributed by atoms with Crippen molar-refractivity contribution in [3.05, 3.63) is 33.0 Å². The maximum Gasteiger partial charge on any atom is 0.402 e. The third-order valence-electron chi connectivity index (χ3n) is 2.46. The summed E-state index contributed by atoms with van der Waals surface area (Å²) in [7, 11) is 0. The molecular weight excluding hydrogens is 382 g/mol. The molecule has 0 amide bonds. The van der Waals surface area contributed by atoms with Crippen LogP contribution in [-0.4, -0.2) is 12.4 Å². The van der Waals surface area contributed by atoms with Crippen LogP contribution in [0.15, 0.2) is 16.6 Å². The third kappa shape index (κ3) is 3.76. The van der Waals surface area contributed by atoms with Crippen LogP contribution in [-0.2, 0) is 0 Å². The first-order valence-corrected chi connectivity index (χ1v) is 6.06. The SMILES string of the molecule is NC(c1cc(Cl)c(Br)cc1F)C(C(F)(F)F)C(F)(F)F. The average Bonchev–Trinajstić information content (AvgIpc) is 2.18. The summed E-state index contributed by atoms with van der Waals surface area (Å²) >= 11 is 8.32. The maximum absolute atomic E-state index is 13.5. The van der Waals surface area contributed by atoms with Crippen molar-refractivity contribution in [2.75, 3.05) is 0 Å². The van der Waals surface area contributed by atoms with Gasteiger partial charge in [-0.2, -0.15) is 26.3 Å². The quantitative estimate of drug-likeness (QED) is 0.561. The first-order valence-electron chi connectivity index (χ1n) is 4.89. The van der Waals surface area contributed by atoms with Gasteiger partial charge in [0, 0.05) is 10.0 Å². The zero-order valence-corrected chi connectivity index (χ0v) is 11.6. The summed E-state index contributed by atoms with van der Waals surface area (Å²) in [6.07, 6.45) is -11.3. The molecule has 1 aromatic rings. The van der Waals surface area contributed by atoms with Gasteiger partial charge in [0.15, 0.2) is 5.92 Å². The zero-order valence-electron chi connectivity index (χ0n) is 9.29. The Morgan fingerprint density at radius 2 is 1.50 bits per heavy atom. The monoisotopic (exact) mass is 387 g/mol. The first-order chi connectivity index (χ1) is 8.85. The standard InChI is InChI=1S/C10H6BrClF7N/c11-4-2-6(13)3(1-5(4)12)7(20)8(9(14,15)16)10(17,18)19/h1-2,7-8H,20H2. The molecule has 0 bridgehead atoms. The van der Waals surface area contributed by atoms with E-state index in [0.717, 1.165) is 0 Å². The van der Waals surface area contributed by atoms with E-state index in [-0.39, 0.29) is 9.50 Å². The molecule has 0 aliphatic carbocycles. The molecule has 0 aromatic heterocycles. The van der Waals surface area contributed by atoms with Crippen LogP contribution >= 0.6 is 27.5 Å². The number of halogens is 9. The summed E-state index contributed by atoms with van der Waals surface area (Å²) in [6, 6.07) is -1.36. The number of hydrogen-bond acceptors (Lipinski definition) is 1. The van der Waals surface area contributed by atoms with E-state index in [9.17, 15) is 30.7 Å². The number of rotatable bonds is 2. The Morgan fingerprint density at radius 3 is 1.90 bits per heavy atom. The molecule has 0 aliphatic heterocycles. The van der Waals surface area contributed by atoms with Crippen LogP contribution in [0, 0.1) is 11.7 Å². The van der Waals surface area contributed by atoms with Crippen LogP contribution < -0.4 is 5.73 Å². The van der Waals surface area contributed by atoms with Crippen LogP contribution in [0.5, 0.6) is 0 Å². The van der Waals surface area contributed by atoms with Gasteiger partial charge < -0.3 is 5.73 Å². The minimum Gasteiger partial charge on any atom is -0.323 e. The van der Waals surface area contributed by atoms with E-state index in [2.05, 4.69) is 15.9 Å². The van der Waals surface area contributed by atoms with Crippen LogP contribution in [0.1, 0.15) is 11.6 Å². The van der Waals surface area contributed by atoms with Gasteiger partial charge in [0.2, 0.25) is 0 Å². The molecule has 20 heavy (non-hydrogen) atoms. The third-order valence-corrected chi connectivity index (χ3v) is 3.66. The lowest BCUT2D eigenvalue weighted by Gasteiger charge is -2.28. The fourth-order valence-corrected chi connectivity index (χ4v) is 2.05. The predicted molar refractivity (Wildman–Crippen MR) is 61.6 cm³/mol. The normalized spacial score (nSPS) is 14.8. The lowest BCUT2D eigenvalue weighted by molar-refractivity contribution is -0.290. The molecule has 114 valence electrons. The van der Waals surface area contributed by atoms with Crippen molar-refractivity contribution in [2.45, 2.75) is 18.4 Å². The minimum absolute atomic E-state index is 0.0109. The molecule has 2 N–H and O–H groups in total. The van der Waals surface area contributed by atoms with Crippen LogP contribution in [0.3, 0.4) is 0 Å². The van der Waals surface area contributed by atoms with Gasteiger partial charge in [-0.1, -0.05) is 11.6 Å². The Bertz CT molecular complexity index is 486. The Morgan fingerprint density at radius 1 is 1.05 bits per heavy atom. The maximum atomic E-state index is 13.5. The van der Waals surface area contributed by atoms with Crippen molar-refractivity contribution < 1.29 is 30.7 Å². The highest BCUT2D eigenvalue weighted by atomic mass is 79.9. The van der Waals surface area contributed by atoms with Gasteiger partial charge in [0.25, 0.3) is 0 Å². The average molecular weight is 389 g/mol. The molecule has 0 spiro atoms. The van der Waals surface area contributed by atoms with Gasteiger partial charge in [-0.25, -0.2) is 4.39 Å². The molecule has 0 radical (unpaired) electrons. The number of benzene rings is 1. The second kappa shape index (κ2) is 5.69. The molecule has 1 aromatic carbocycles. The van der Waals surface area contributed by atoms with E-state index in [4.69, 9.17) is 17.3 Å². The van der Waals surface area contributed by atoms with Crippen LogP contribution in [0.2, 0.25) is 5.02 Å². The Kier molecular flexibility index (Phi) is 4.98. The molecule has 1 atom stereocenters. The first kappa shape index (κ1) is 17.5. The van der Waals surface area contributed by atoms with Crippen molar-refractivity contribution >= 4 is 27.5 Å². The van der Waals surface area contributed by atoms with E-state index in [0.29, 0.717) is 12.1 Å². The number of hydrogen-bond donors (Lipinski definition) is 1. The molecule has 10 heteroatoms. The number of alkyl halides is 6. The van der Waals surface area contributed by atoms with Crippen molar-refractivity contribution in [3.8, 4) is 0 Å². The van der Waals surface area contributed by atoms with E-state index in [1.54, 1.807) is 0 Å². The van der Waals surface area contributed by atoms with Gasteiger partial charge >= 0.3 is 12.4 Å². The predicted octanol–water partition coefficient (Wildman–Crippen LogP) is 4.98. The van der Waals surface area contributed by atoms with Gasteiger partial charge in [0.1, 0.15) is 5.82 Å². The highest BCUT2D eigenvalue weighted by molar-refractivity contribution is 9.10. The molecule has 0 fully saturated rings. The van der Waals surface area contributed by atoms with Crippen molar-refractivity contribution in [1.29, 1.82) is 0 Å². The van der Waals surface area contributed by atoms with Gasteiger partial charge in [-0.3, -0.25) is 0 Å². The largest absolute Gasteiger partial charge is 0.402 e. The second-order valence-corrected chi connectivity index (χ2v) is 5.14. The van der Waals surface area contributed by atoms with E-state index < -0.39 is 35.7 Å². The summed E-state index contributed by atoms with van der Waals surface area (Å²) in [5.41, 5.74) is 4.02. The Labute approximate surface area is 122 Å². The van der Waals surface area contributed by atoms with E-state index in [1.807, 2.05) is 0 Å². The Hall–Kier alpha value is -0.540. The topological polar surface area (TPSA) is 26.0 Å². The lowest BCUT2D eigenvalue weighted by Crippen LogP contribution is -2.44. The number of nitrogens with two attached hydrogens (primary N) is 1. The fourth-order valence-electron chi connectivity index (χ4n) is 1.57. The summed E-state index contributed by atoms with van der Waals surface area (Å²) < 4.78 is 88.5. The van der Waals surface area contributed by atoms with Crippen molar-refractivity contribution in [1.82, 2.24) is 0 Å². The molecule has 0 heterocycles. The molecule has 1 unspecified atom stereocenters. The molecule has 0 saturated carbocycles. The van der Waals surface area contributed by atoms with Crippen molar-refractivity contribution in [3.63, 3.8) is 0 Å². The summed E-state index contributed by atoms with van der Waals surface area (Å²) in [6.45, 7) is 0. The van der Waals surface area contributed by atoms with Crippen molar-refractivity contribution in [2.24, 2.45) is 11.7 Å². The molecule has 1 rings (SSSR count). The van der Waals surface area contributed by atoms with E-state index in [1.165, 1.54) is 0 Å². The minimum atomic E-state index is -5.66.